The minimum absolute atomic E-state index is 0.389. The summed E-state index contributed by atoms with van der Waals surface area (Å²) in [6.07, 6.45) is 3.46. The Bertz CT molecular complexity index is 266. The fraction of sp³-hybridized carbons (Fsp3) is 0.917. The molecular formula is C12H22N2O2. The van der Waals surface area contributed by atoms with Gasteiger partial charge in [-0.25, -0.2) is 0 Å². The zero-order chi connectivity index (χ0) is 11.7. The van der Waals surface area contributed by atoms with Gasteiger partial charge in [0.05, 0.1) is 0 Å². The number of carboxylic acids is 1. The molecule has 1 saturated carbocycles. The minimum Gasteiger partial charge on any atom is -0.480 e. The van der Waals surface area contributed by atoms with Gasteiger partial charge in [-0.2, -0.15) is 0 Å². The van der Waals surface area contributed by atoms with Crippen molar-refractivity contribution < 1.29 is 9.90 Å². The first-order chi connectivity index (χ1) is 7.56. The molecule has 1 heterocycles. The zero-order valence-electron chi connectivity index (χ0n) is 10.1. The van der Waals surface area contributed by atoms with Gasteiger partial charge in [0, 0.05) is 25.2 Å². The molecule has 92 valence electrons. The van der Waals surface area contributed by atoms with Gasteiger partial charge in [0.1, 0.15) is 6.04 Å². The molecule has 2 fully saturated rings. The highest BCUT2D eigenvalue weighted by atomic mass is 16.4. The van der Waals surface area contributed by atoms with Crippen molar-refractivity contribution in [1.29, 1.82) is 0 Å². The van der Waals surface area contributed by atoms with E-state index in [9.17, 15) is 9.90 Å². The van der Waals surface area contributed by atoms with E-state index < -0.39 is 5.97 Å². The molecule has 0 radical (unpaired) electrons. The summed E-state index contributed by atoms with van der Waals surface area (Å²) in [6, 6.07) is 0.592. The molecule has 2 N–H and O–H groups in total. The van der Waals surface area contributed by atoms with Crippen molar-refractivity contribution in [2.24, 2.45) is 5.92 Å². The van der Waals surface area contributed by atoms with Crippen LogP contribution in [0.25, 0.3) is 0 Å². The third kappa shape index (κ3) is 2.95. The van der Waals surface area contributed by atoms with Crippen LogP contribution in [0.2, 0.25) is 0 Å². The molecule has 3 unspecified atom stereocenters. The Morgan fingerprint density at radius 2 is 2.19 bits per heavy atom. The lowest BCUT2D eigenvalue weighted by Gasteiger charge is -2.25. The molecule has 0 bridgehead atoms. The van der Waals surface area contributed by atoms with E-state index in [1.54, 1.807) is 0 Å². The van der Waals surface area contributed by atoms with Gasteiger partial charge in [-0.15, -0.1) is 0 Å². The Labute approximate surface area is 97.0 Å². The first-order valence-electron chi connectivity index (χ1n) is 6.29. The Morgan fingerprint density at radius 3 is 2.62 bits per heavy atom. The molecule has 1 aliphatic heterocycles. The van der Waals surface area contributed by atoms with Crippen molar-refractivity contribution in [3.63, 3.8) is 0 Å². The second kappa shape index (κ2) is 4.72. The maximum atomic E-state index is 11.1. The number of rotatable bonds is 5. The number of likely N-dealkylation sites (tertiary alicyclic amines) is 1. The largest absolute Gasteiger partial charge is 0.480 e. The van der Waals surface area contributed by atoms with Crippen molar-refractivity contribution in [2.75, 3.05) is 13.1 Å². The molecule has 2 aliphatic rings. The van der Waals surface area contributed by atoms with Crippen LogP contribution >= 0.6 is 0 Å². The van der Waals surface area contributed by atoms with Gasteiger partial charge in [-0.3, -0.25) is 9.69 Å². The summed E-state index contributed by atoms with van der Waals surface area (Å²) in [4.78, 5) is 13.5. The average Bonchev–Trinajstić information content (AvgIpc) is 2.93. The molecule has 0 aromatic heterocycles. The number of carbonyl (C=O) groups is 1. The maximum Gasteiger partial charge on any atom is 0.322 e. The summed E-state index contributed by atoms with van der Waals surface area (Å²) in [5, 5.41) is 12.4. The quantitative estimate of drug-likeness (QED) is 0.732. The highest BCUT2D eigenvalue weighted by Gasteiger charge is 2.33. The van der Waals surface area contributed by atoms with Crippen LogP contribution in [-0.2, 0) is 4.79 Å². The standard InChI is InChI=1S/C12H22N2O2/c1-8-5-9(2)14(6-8)7-11(12(15)16)13-10-3-4-10/h8-11,13H,3-7H2,1-2H3,(H,15,16). The molecular weight excluding hydrogens is 204 g/mol. The van der Waals surface area contributed by atoms with Crippen molar-refractivity contribution in [3.05, 3.63) is 0 Å². The van der Waals surface area contributed by atoms with E-state index in [1.807, 2.05) is 0 Å². The maximum absolute atomic E-state index is 11.1. The van der Waals surface area contributed by atoms with E-state index in [0.717, 1.165) is 19.4 Å². The minimum atomic E-state index is -0.710. The first-order valence-corrected chi connectivity index (χ1v) is 6.29. The molecule has 2 rings (SSSR count). The second-order valence-electron chi connectivity index (χ2n) is 5.48. The molecule has 16 heavy (non-hydrogen) atoms. The summed E-state index contributed by atoms with van der Waals surface area (Å²) >= 11 is 0. The van der Waals surface area contributed by atoms with Gasteiger partial charge < -0.3 is 10.4 Å². The molecule has 0 amide bonds. The Kier molecular flexibility index (Phi) is 3.50. The van der Waals surface area contributed by atoms with Gasteiger partial charge in [0.15, 0.2) is 0 Å². The Morgan fingerprint density at radius 1 is 1.50 bits per heavy atom. The van der Waals surface area contributed by atoms with E-state index in [4.69, 9.17) is 0 Å². The summed E-state index contributed by atoms with van der Waals surface area (Å²) in [5.41, 5.74) is 0. The van der Waals surface area contributed by atoms with Crippen LogP contribution in [0.4, 0.5) is 0 Å². The Hall–Kier alpha value is -0.610. The lowest BCUT2D eigenvalue weighted by Crippen LogP contribution is -2.47. The van der Waals surface area contributed by atoms with Gasteiger partial charge in [0.2, 0.25) is 0 Å². The van der Waals surface area contributed by atoms with E-state index in [0.29, 0.717) is 24.5 Å². The van der Waals surface area contributed by atoms with E-state index in [-0.39, 0.29) is 6.04 Å². The van der Waals surface area contributed by atoms with Gasteiger partial charge in [-0.1, -0.05) is 6.92 Å². The summed E-state index contributed by atoms with van der Waals surface area (Å²) in [6.45, 7) is 6.12. The normalized spacial score (nSPS) is 32.9. The van der Waals surface area contributed by atoms with Crippen LogP contribution in [0.15, 0.2) is 0 Å². The Balaban J connectivity index is 1.86. The summed E-state index contributed by atoms with van der Waals surface area (Å²) in [5.74, 6) is -0.0102. The topological polar surface area (TPSA) is 52.6 Å². The summed E-state index contributed by atoms with van der Waals surface area (Å²) < 4.78 is 0. The van der Waals surface area contributed by atoms with Crippen LogP contribution in [0.3, 0.4) is 0 Å². The number of hydrogen-bond acceptors (Lipinski definition) is 3. The highest BCUT2D eigenvalue weighted by molar-refractivity contribution is 5.73. The molecule has 0 aromatic carbocycles. The fourth-order valence-electron chi connectivity index (χ4n) is 2.61. The van der Waals surface area contributed by atoms with Crippen LogP contribution in [0, 0.1) is 5.92 Å². The van der Waals surface area contributed by atoms with Crippen LogP contribution in [-0.4, -0.2) is 47.2 Å². The molecule has 3 atom stereocenters. The molecule has 0 aromatic rings. The number of nitrogens with zero attached hydrogens (tertiary/aromatic N) is 1. The number of nitrogens with one attached hydrogen (secondary N) is 1. The van der Waals surface area contributed by atoms with Crippen LogP contribution in [0.5, 0.6) is 0 Å². The molecule has 1 aliphatic carbocycles. The zero-order valence-corrected chi connectivity index (χ0v) is 10.1. The number of hydrogen-bond donors (Lipinski definition) is 2. The SMILES string of the molecule is CC1CC(C)N(CC(NC2CC2)C(=O)O)C1. The highest BCUT2D eigenvalue weighted by Crippen LogP contribution is 2.24. The van der Waals surface area contributed by atoms with Crippen molar-refractivity contribution in [2.45, 2.75) is 51.2 Å². The van der Waals surface area contributed by atoms with E-state index in [2.05, 4.69) is 24.1 Å². The summed E-state index contributed by atoms with van der Waals surface area (Å²) in [7, 11) is 0. The second-order valence-corrected chi connectivity index (χ2v) is 5.48. The molecule has 4 heteroatoms. The predicted octanol–water partition coefficient (Wildman–Crippen LogP) is 0.922. The monoisotopic (exact) mass is 226 g/mol. The molecule has 4 nitrogen and oxygen atoms in total. The van der Waals surface area contributed by atoms with Crippen LogP contribution < -0.4 is 5.32 Å². The smallest absolute Gasteiger partial charge is 0.322 e. The predicted molar refractivity (Wildman–Crippen MR) is 62.4 cm³/mol. The van der Waals surface area contributed by atoms with E-state index in [1.165, 1.54) is 6.42 Å². The number of carboxylic acid groups (broad SMARTS) is 1. The third-order valence-electron chi connectivity index (χ3n) is 3.64. The van der Waals surface area contributed by atoms with Gasteiger partial charge in [-0.05, 0) is 32.1 Å². The van der Waals surface area contributed by atoms with Crippen molar-refractivity contribution >= 4 is 5.97 Å². The van der Waals surface area contributed by atoms with Crippen LogP contribution in [0.1, 0.15) is 33.1 Å². The molecule has 0 spiro atoms. The average molecular weight is 226 g/mol. The first kappa shape index (κ1) is 11.9. The van der Waals surface area contributed by atoms with Gasteiger partial charge in [0.25, 0.3) is 0 Å². The molecule has 1 saturated heterocycles. The fourth-order valence-corrected chi connectivity index (χ4v) is 2.61. The lowest BCUT2D eigenvalue weighted by molar-refractivity contribution is -0.140. The van der Waals surface area contributed by atoms with Crippen molar-refractivity contribution in [3.8, 4) is 0 Å². The lowest BCUT2D eigenvalue weighted by atomic mass is 10.1. The van der Waals surface area contributed by atoms with E-state index >= 15 is 0 Å². The van der Waals surface area contributed by atoms with Gasteiger partial charge >= 0.3 is 5.97 Å². The number of aliphatic carboxylic acids is 1. The van der Waals surface area contributed by atoms with Crippen molar-refractivity contribution in [1.82, 2.24) is 10.2 Å². The third-order valence-corrected chi connectivity index (χ3v) is 3.64.